The largest absolute Gasteiger partial charge is 0.271 e. The van der Waals surface area contributed by atoms with E-state index < -0.39 is 0 Å². The minimum absolute atomic E-state index is 0.226. The minimum Gasteiger partial charge on any atom is -0.271 e. The Labute approximate surface area is 126 Å². The highest BCUT2D eigenvalue weighted by atomic mass is 127. The van der Waals surface area contributed by atoms with Crippen LogP contribution < -0.4 is 11.3 Å². The predicted octanol–water partition coefficient (Wildman–Crippen LogP) is 4.38. The topological polar surface area (TPSA) is 38.0 Å². The summed E-state index contributed by atoms with van der Waals surface area (Å²) in [7, 11) is 0. The maximum absolute atomic E-state index is 5.71. The number of halogens is 2. The molecule has 0 heterocycles. The van der Waals surface area contributed by atoms with Gasteiger partial charge in [0.1, 0.15) is 0 Å². The van der Waals surface area contributed by atoms with Crippen LogP contribution in [0.3, 0.4) is 0 Å². The molecule has 1 unspecified atom stereocenters. The zero-order valence-corrected chi connectivity index (χ0v) is 14.1. The summed E-state index contributed by atoms with van der Waals surface area (Å²) in [5.41, 5.74) is 4.21. The quantitative estimate of drug-likeness (QED) is 0.414. The maximum atomic E-state index is 5.71. The van der Waals surface area contributed by atoms with Crippen LogP contribution >= 0.6 is 38.5 Å². The highest BCUT2D eigenvalue weighted by molar-refractivity contribution is 14.1. The van der Waals surface area contributed by atoms with Gasteiger partial charge in [0.05, 0.1) is 0 Å². The summed E-state index contributed by atoms with van der Waals surface area (Å²) >= 11 is 5.94. The highest BCUT2D eigenvalue weighted by Gasteiger charge is 2.17. The number of hydrogen-bond acceptors (Lipinski definition) is 2. The van der Waals surface area contributed by atoms with Gasteiger partial charge in [-0.2, -0.15) is 0 Å². The first-order valence-electron chi connectivity index (χ1n) is 6.03. The van der Waals surface area contributed by atoms with Gasteiger partial charge in [0, 0.05) is 14.1 Å². The van der Waals surface area contributed by atoms with Crippen LogP contribution in [0, 0.1) is 9.49 Å². The summed E-state index contributed by atoms with van der Waals surface area (Å²) in [6.07, 6.45) is 3.49. The summed E-state index contributed by atoms with van der Waals surface area (Å²) in [5.74, 6) is 6.43. The molecule has 1 aromatic rings. The Hall–Kier alpha value is 0.350. The highest BCUT2D eigenvalue weighted by Crippen LogP contribution is 2.30. The Bertz CT molecular complexity index is 353. The third-order valence-electron chi connectivity index (χ3n) is 3.26. The maximum Gasteiger partial charge on any atom is 0.0474 e. The Kier molecular flexibility index (Phi) is 6.99. The molecule has 0 bridgehead atoms. The normalized spacial score (nSPS) is 13.1. The van der Waals surface area contributed by atoms with Crippen molar-refractivity contribution < 1.29 is 0 Å². The Balaban J connectivity index is 2.89. The van der Waals surface area contributed by atoms with E-state index >= 15 is 0 Å². The van der Waals surface area contributed by atoms with Gasteiger partial charge in [-0.1, -0.05) is 42.6 Å². The number of rotatable bonds is 6. The summed E-state index contributed by atoms with van der Waals surface area (Å²) < 4.78 is 2.37. The molecule has 1 aromatic carbocycles. The number of benzene rings is 1. The molecule has 0 aliphatic heterocycles. The van der Waals surface area contributed by atoms with Gasteiger partial charge in [-0.25, -0.2) is 0 Å². The zero-order chi connectivity index (χ0) is 12.8. The molecule has 3 N–H and O–H groups in total. The molecule has 0 fully saturated rings. The minimum atomic E-state index is 0.226. The van der Waals surface area contributed by atoms with Crippen molar-refractivity contribution in [2.45, 2.75) is 39.2 Å². The molecule has 0 aromatic heterocycles. The second-order valence-electron chi connectivity index (χ2n) is 4.30. The van der Waals surface area contributed by atoms with Crippen molar-refractivity contribution in [3.05, 3.63) is 31.8 Å². The van der Waals surface area contributed by atoms with Crippen LogP contribution in [0.4, 0.5) is 0 Å². The van der Waals surface area contributed by atoms with Gasteiger partial charge in [-0.3, -0.25) is 11.3 Å². The molecule has 0 amide bonds. The Morgan fingerprint density at radius 3 is 2.53 bits per heavy atom. The number of hydrogen-bond donors (Lipinski definition) is 2. The molecule has 0 aliphatic rings. The van der Waals surface area contributed by atoms with E-state index in [1.165, 1.54) is 22.0 Å². The molecule has 17 heavy (non-hydrogen) atoms. The standard InChI is InChI=1S/C13H20BrIN2/c1-3-9(4-2)7-13(17-16)11-8-10(15)5-6-12(11)14/h5-6,8-9,13,17H,3-4,7,16H2,1-2H3. The lowest BCUT2D eigenvalue weighted by Crippen LogP contribution is -2.30. The van der Waals surface area contributed by atoms with Crippen LogP contribution in [0.25, 0.3) is 0 Å². The second-order valence-corrected chi connectivity index (χ2v) is 6.40. The van der Waals surface area contributed by atoms with Gasteiger partial charge in [-0.15, -0.1) is 0 Å². The molecule has 0 radical (unpaired) electrons. The first kappa shape index (κ1) is 15.4. The lowest BCUT2D eigenvalue weighted by molar-refractivity contribution is 0.374. The van der Waals surface area contributed by atoms with Crippen molar-refractivity contribution in [1.82, 2.24) is 5.43 Å². The molecule has 0 spiro atoms. The summed E-state index contributed by atoms with van der Waals surface area (Å²) in [5, 5.41) is 0. The molecule has 1 atom stereocenters. The third-order valence-corrected chi connectivity index (χ3v) is 4.65. The molecule has 0 aliphatic carbocycles. The number of nitrogens with two attached hydrogens (primary N) is 1. The van der Waals surface area contributed by atoms with Crippen molar-refractivity contribution in [3.63, 3.8) is 0 Å². The molecular weight excluding hydrogens is 391 g/mol. The molecule has 0 saturated carbocycles. The fraction of sp³-hybridized carbons (Fsp3) is 0.538. The van der Waals surface area contributed by atoms with Gasteiger partial charge >= 0.3 is 0 Å². The average Bonchev–Trinajstić information content (AvgIpc) is 2.34. The average molecular weight is 411 g/mol. The molecule has 96 valence electrons. The zero-order valence-electron chi connectivity index (χ0n) is 10.3. The number of hydrazine groups is 1. The lowest BCUT2D eigenvalue weighted by Gasteiger charge is -2.22. The molecule has 2 nitrogen and oxygen atoms in total. The van der Waals surface area contributed by atoms with Crippen LogP contribution in [0.15, 0.2) is 22.7 Å². The van der Waals surface area contributed by atoms with Crippen LogP contribution in [-0.4, -0.2) is 0 Å². The van der Waals surface area contributed by atoms with Crippen molar-refractivity contribution in [2.75, 3.05) is 0 Å². The first-order valence-corrected chi connectivity index (χ1v) is 7.90. The fourth-order valence-corrected chi connectivity index (χ4v) is 3.06. The van der Waals surface area contributed by atoms with Crippen LogP contribution in [0.1, 0.15) is 44.7 Å². The summed E-state index contributed by atoms with van der Waals surface area (Å²) in [6.45, 7) is 4.48. The van der Waals surface area contributed by atoms with E-state index in [9.17, 15) is 0 Å². The van der Waals surface area contributed by atoms with Crippen molar-refractivity contribution >= 4 is 38.5 Å². The fourth-order valence-electron chi connectivity index (χ4n) is 2.02. The molecular formula is C13H20BrIN2. The number of nitrogens with one attached hydrogen (secondary N) is 1. The van der Waals surface area contributed by atoms with Crippen molar-refractivity contribution in [3.8, 4) is 0 Å². The van der Waals surface area contributed by atoms with Gasteiger partial charge in [0.2, 0.25) is 0 Å². The van der Waals surface area contributed by atoms with Crippen LogP contribution in [0.5, 0.6) is 0 Å². The Morgan fingerprint density at radius 1 is 1.35 bits per heavy atom. The first-order chi connectivity index (χ1) is 8.12. The van der Waals surface area contributed by atoms with Gasteiger partial charge < -0.3 is 0 Å². The van der Waals surface area contributed by atoms with E-state index in [1.807, 2.05) is 0 Å². The van der Waals surface area contributed by atoms with Crippen LogP contribution in [-0.2, 0) is 0 Å². The van der Waals surface area contributed by atoms with E-state index in [2.05, 4.69) is 76.0 Å². The second kappa shape index (κ2) is 7.71. The van der Waals surface area contributed by atoms with E-state index in [0.29, 0.717) is 0 Å². The van der Waals surface area contributed by atoms with E-state index in [0.717, 1.165) is 16.8 Å². The van der Waals surface area contributed by atoms with Gasteiger partial charge in [0.25, 0.3) is 0 Å². The van der Waals surface area contributed by atoms with E-state index in [-0.39, 0.29) is 6.04 Å². The van der Waals surface area contributed by atoms with E-state index in [4.69, 9.17) is 5.84 Å². The van der Waals surface area contributed by atoms with Crippen molar-refractivity contribution in [2.24, 2.45) is 11.8 Å². The smallest absolute Gasteiger partial charge is 0.0474 e. The SMILES string of the molecule is CCC(CC)CC(NN)c1cc(I)ccc1Br. The van der Waals surface area contributed by atoms with Crippen LogP contribution in [0.2, 0.25) is 0 Å². The monoisotopic (exact) mass is 410 g/mol. The third kappa shape index (κ3) is 4.50. The Morgan fingerprint density at radius 2 is 2.00 bits per heavy atom. The van der Waals surface area contributed by atoms with E-state index in [1.54, 1.807) is 0 Å². The summed E-state index contributed by atoms with van der Waals surface area (Å²) in [6, 6.07) is 6.61. The summed E-state index contributed by atoms with van der Waals surface area (Å²) in [4.78, 5) is 0. The van der Waals surface area contributed by atoms with Gasteiger partial charge in [0.15, 0.2) is 0 Å². The molecule has 4 heteroatoms. The van der Waals surface area contributed by atoms with Crippen molar-refractivity contribution in [1.29, 1.82) is 0 Å². The molecule has 0 saturated heterocycles. The lowest BCUT2D eigenvalue weighted by atomic mass is 9.91. The van der Waals surface area contributed by atoms with Gasteiger partial charge in [-0.05, 0) is 58.7 Å². The molecule has 1 rings (SSSR count). The predicted molar refractivity (Wildman–Crippen MR) is 85.6 cm³/mol.